The first-order valence-corrected chi connectivity index (χ1v) is 9.06. The highest BCUT2D eigenvalue weighted by Crippen LogP contribution is 2.49. The molecule has 2 aromatic rings. The fraction of sp³-hybridized carbons (Fsp3) is 0.400. The predicted octanol–water partition coefficient (Wildman–Crippen LogP) is 5.24. The second kappa shape index (κ2) is 7.08. The molecule has 0 bridgehead atoms. The molecule has 0 saturated heterocycles. The largest absolute Gasteiger partial charge is 0.444 e. The summed E-state index contributed by atoms with van der Waals surface area (Å²) in [5.41, 5.74) is 0.213. The van der Waals surface area contributed by atoms with Crippen molar-refractivity contribution in [1.29, 1.82) is 0 Å². The van der Waals surface area contributed by atoms with Crippen molar-refractivity contribution in [2.24, 2.45) is 0 Å². The van der Waals surface area contributed by atoms with E-state index in [2.05, 4.69) is 10.3 Å². The van der Waals surface area contributed by atoms with Crippen molar-refractivity contribution in [1.82, 2.24) is 10.3 Å². The first-order valence-electron chi connectivity index (χ1n) is 8.68. The number of benzene rings is 1. The van der Waals surface area contributed by atoms with Gasteiger partial charge in [-0.1, -0.05) is 11.6 Å². The molecule has 1 aromatic carbocycles. The van der Waals surface area contributed by atoms with E-state index in [1.54, 1.807) is 26.8 Å². The molecule has 0 atom stereocenters. The summed E-state index contributed by atoms with van der Waals surface area (Å²) in [6, 6.07) is 4.82. The minimum atomic E-state index is -0.576. The predicted molar refractivity (Wildman–Crippen MR) is 99.7 cm³/mol. The number of amides is 1. The van der Waals surface area contributed by atoms with Gasteiger partial charge in [0.1, 0.15) is 17.2 Å². The zero-order chi connectivity index (χ0) is 19.8. The Balaban J connectivity index is 1.78. The van der Waals surface area contributed by atoms with Crippen molar-refractivity contribution in [2.45, 2.75) is 44.6 Å². The van der Waals surface area contributed by atoms with Gasteiger partial charge >= 0.3 is 6.09 Å². The van der Waals surface area contributed by atoms with Gasteiger partial charge in [-0.2, -0.15) is 0 Å². The van der Waals surface area contributed by atoms with Crippen LogP contribution in [-0.4, -0.2) is 23.2 Å². The van der Waals surface area contributed by atoms with Gasteiger partial charge in [-0.25, -0.2) is 13.6 Å². The smallest absolute Gasteiger partial charge is 0.407 e. The van der Waals surface area contributed by atoms with Crippen LogP contribution < -0.4 is 5.32 Å². The molecule has 1 aromatic heterocycles. The van der Waals surface area contributed by atoms with Crippen molar-refractivity contribution < 1.29 is 18.3 Å². The number of hydrogen-bond donors (Lipinski definition) is 1. The Kier molecular flexibility index (Phi) is 5.12. The highest BCUT2D eigenvalue weighted by Gasteiger charge is 2.47. The lowest BCUT2D eigenvalue weighted by Crippen LogP contribution is -2.37. The first-order chi connectivity index (χ1) is 12.6. The SMILES string of the molecule is CC(C)(C)OC(=O)NCC1(c2ncc(-c3cc(F)ccc3F)cc2Cl)CC1. The Labute approximate surface area is 161 Å². The second-order valence-electron chi connectivity index (χ2n) is 7.81. The van der Waals surface area contributed by atoms with E-state index in [9.17, 15) is 13.6 Å². The maximum atomic E-state index is 14.0. The zero-order valence-corrected chi connectivity index (χ0v) is 16.2. The Morgan fingerprint density at radius 1 is 1.30 bits per heavy atom. The van der Waals surface area contributed by atoms with Gasteiger partial charge in [0, 0.05) is 29.3 Å². The average Bonchev–Trinajstić information content (AvgIpc) is 3.34. The molecule has 0 unspecified atom stereocenters. The van der Waals surface area contributed by atoms with E-state index < -0.39 is 23.3 Å². The molecule has 1 N–H and O–H groups in total. The van der Waals surface area contributed by atoms with E-state index >= 15 is 0 Å². The summed E-state index contributed by atoms with van der Waals surface area (Å²) in [6.45, 7) is 5.73. The highest BCUT2D eigenvalue weighted by molar-refractivity contribution is 6.31. The summed E-state index contributed by atoms with van der Waals surface area (Å²) >= 11 is 6.40. The summed E-state index contributed by atoms with van der Waals surface area (Å²) in [6.07, 6.45) is 2.63. The van der Waals surface area contributed by atoms with Crippen molar-refractivity contribution >= 4 is 17.7 Å². The highest BCUT2D eigenvalue weighted by atomic mass is 35.5. The number of alkyl carbamates (subject to hydrolysis) is 1. The lowest BCUT2D eigenvalue weighted by atomic mass is 9.99. The quantitative estimate of drug-likeness (QED) is 0.771. The molecule has 3 rings (SSSR count). The molecular weight excluding hydrogens is 374 g/mol. The molecule has 0 radical (unpaired) electrons. The zero-order valence-electron chi connectivity index (χ0n) is 15.4. The van der Waals surface area contributed by atoms with Crippen molar-refractivity contribution in [3.63, 3.8) is 0 Å². The standard InChI is InChI=1S/C20H21ClF2N2O2/c1-19(2,3)27-18(26)25-11-20(6-7-20)17-15(21)8-12(10-24-17)14-9-13(22)4-5-16(14)23/h4-5,8-10H,6-7,11H2,1-3H3,(H,25,26). The summed E-state index contributed by atoms with van der Waals surface area (Å²) < 4.78 is 32.7. The molecule has 4 nitrogen and oxygen atoms in total. The third kappa shape index (κ3) is 4.56. The van der Waals surface area contributed by atoms with Gasteiger partial charge in [0.2, 0.25) is 0 Å². The molecule has 1 aliphatic rings. The molecular formula is C20H21ClF2N2O2. The van der Waals surface area contributed by atoms with Gasteiger partial charge in [-0.15, -0.1) is 0 Å². The van der Waals surface area contributed by atoms with Crippen molar-refractivity contribution in [2.75, 3.05) is 6.54 Å². The maximum absolute atomic E-state index is 14.0. The normalized spacial score (nSPS) is 15.3. The van der Waals surface area contributed by atoms with Crippen LogP contribution in [0.25, 0.3) is 11.1 Å². The van der Waals surface area contributed by atoms with Crippen LogP contribution in [0.1, 0.15) is 39.3 Å². The van der Waals surface area contributed by atoms with Crippen LogP contribution in [0.4, 0.5) is 13.6 Å². The van der Waals surface area contributed by atoms with Gasteiger partial charge in [0.15, 0.2) is 0 Å². The number of nitrogens with one attached hydrogen (secondary N) is 1. The lowest BCUT2D eigenvalue weighted by Gasteiger charge is -2.22. The maximum Gasteiger partial charge on any atom is 0.407 e. The van der Waals surface area contributed by atoms with Crippen LogP contribution in [0.3, 0.4) is 0 Å². The summed E-state index contributed by atoms with van der Waals surface area (Å²) in [5.74, 6) is -1.08. The second-order valence-corrected chi connectivity index (χ2v) is 8.22. The summed E-state index contributed by atoms with van der Waals surface area (Å²) in [4.78, 5) is 16.3. The van der Waals surface area contributed by atoms with Crippen LogP contribution in [0.15, 0.2) is 30.5 Å². The van der Waals surface area contributed by atoms with Crippen LogP contribution >= 0.6 is 11.6 Å². The van der Waals surface area contributed by atoms with Crippen molar-refractivity contribution in [3.8, 4) is 11.1 Å². The van der Waals surface area contributed by atoms with Crippen LogP contribution in [0.2, 0.25) is 5.02 Å². The molecule has 144 valence electrons. The fourth-order valence-corrected chi connectivity index (χ4v) is 3.26. The molecule has 27 heavy (non-hydrogen) atoms. The topological polar surface area (TPSA) is 51.2 Å². The molecule has 1 heterocycles. The molecule has 1 fully saturated rings. The Morgan fingerprint density at radius 2 is 2.00 bits per heavy atom. The number of nitrogens with zero attached hydrogens (tertiary/aromatic N) is 1. The van der Waals surface area contributed by atoms with Crippen LogP contribution in [-0.2, 0) is 10.2 Å². The third-order valence-corrected chi connectivity index (χ3v) is 4.69. The van der Waals surface area contributed by atoms with E-state index in [0.29, 0.717) is 22.8 Å². The molecule has 1 amide bonds. The van der Waals surface area contributed by atoms with Crippen molar-refractivity contribution in [3.05, 3.63) is 52.8 Å². The van der Waals surface area contributed by atoms with Crippen LogP contribution in [0.5, 0.6) is 0 Å². The fourth-order valence-electron chi connectivity index (χ4n) is 2.90. The van der Waals surface area contributed by atoms with E-state index in [0.717, 1.165) is 31.0 Å². The van der Waals surface area contributed by atoms with Gasteiger partial charge in [-0.3, -0.25) is 4.98 Å². The number of pyridine rings is 1. The Bertz CT molecular complexity index is 877. The summed E-state index contributed by atoms with van der Waals surface area (Å²) in [7, 11) is 0. The number of carbonyl (C=O) groups is 1. The molecule has 1 aliphatic carbocycles. The Morgan fingerprint density at radius 3 is 2.59 bits per heavy atom. The third-order valence-electron chi connectivity index (χ3n) is 4.41. The number of hydrogen-bond acceptors (Lipinski definition) is 3. The minimum Gasteiger partial charge on any atom is -0.444 e. The lowest BCUT2D eigenvalue weighted by molar-refractivity contribution is 0.0522. The molecule has 0 spiro atoms. The number of halogens is 3. The molecule has 7 heteroatoms. The van der Waals surface area contributed by atoms with Gasteiger partial charge in [-0.05, 0) is 57.9 Å². The van der Waals surface area contributed by atoms with Gasteiger partial charge in [0.25, 0.3) is 0 Å². The molecule has 1 saturated carbocycles. The van der Waals surface area contributed by atoms with Gasteiger partial charge < -0.3 is 10.1 Å². The van der Waals surface area contributed by atoms with E-state index in [1.807, 2.05) is 0 Å². The van der Waals surface area contributed by atoms with Crippen LogP contribution in [0, 0.1) is 11.6 Å². The van der Waals surface area contributed by atoms with E-state index in [4.69, 9.17) is 16.3 Å². The average molecular weight is 395 g/mol. The number of carbonyl (C=O) groups excluding carboxylic acids is 1. The van der Waals surface area contributed by atoms with Gasteiger partial charge in [0.05, 0.1) is 10.7 Å². The first kappa shape index (κ1) is 19.5. The molecule has 0 aliphatic heterocycles. The number of rotatable bonds is 4. The minimum absolute atomic E-state index is 0.104. The summed E-state index contributed by atoms with van der Waals surface area (Å²) in [5, 5.41) is 3.12. The van der Waals surface area contributed by atoms with E-state index in [1.165, 1.54) is 6.20 Å². The van der Waals surface area contributed by atoms with E-state index in [-0.39, 0.29) is 11.0 Å². The number of ether oxygens (including phenoxy) is 1. The Hall–Kier alpha value is -2.21. The number of aromatic nitrogens is 1. The monoisotopic (exact) mass is 394 g/mol.